The largest absolute Gasteiger partial charge is 0.380 e. The summed E-state index contributed by atoms with van der Waals surface area (Å²) in [5, 5.41) is 2.88. The molecule has 2 amide bonds. The molecule has 1 rings (SSSR count). The van der Waals surface area contributed by atoms with E-state index in [4.69, 9.17) is 10.5 Å². The van der Waals surface area contributed by atoms with Crippen molar-refractivity contribution in [1.82, 2.24) is 4.90 Å². The fourth-order valence-electron chi connectivity index (χ4n) is 2.47. The number of hydrogen-bond donors (Lipinski definition) is 2. The van der Waals surface area contributed by atoms with E-state index in [-0.39, 0.29) is 37.4 Å². The first-order chi connectivity index (χ1) is 10.8. The summed E-state index contributed by atoms with van der Waals surface area (Å²) in [6.45, 7) is 6.18. The molecule has 3 N–H and O–H groups in total. The number of aryl methyl sites for hydroxylation is 3. The molecule has 6 heteroatoms. The van der Waals surface area contributed by atoms with Crippen LogP contribution >= 0.6 is 0 Å². The normalized spacial score (nSPS) is 11.9. The third kappa shape index (κ3) is 5.65. The number of anilines is 1. The zero-order valence-corrected chi connectivity index (χ0v) is 14.6. The summed E-state index contributed by atoms with van der Waals surface area (Å²) in [6, 6.07) is 4.03. The Hall–Kier alpha value is -1.92. The van der Waals surface area contributed by atoms with Crippen LogP contribution in [0.3, 0.4) is 0 Å². The van der Waals surface area contributed by atoms with Crippen molar-refractivity contribution in [3.63, 3.8) is 0 Å². The predicted octanol–water partition coefficient (Wildman–Crippen LogP) is 1.37. The number of nitrogens with zero attached hydrogens (tertiary/aromatic N) is 1. The third-order valence-corrected chi connectivity index (χ3v) is 3.75. The molecule has 0 heterocycles. The minimum atomic E-state index is -0.324. The van der Waals surface area contributed by atoms with Crippen molar-refractivity contribution in [1.29, 1.82) is 0 Å². The highest BCUT2D eigenvalue weighted by Crippen LogP contribution is 2.21. The zero-order chi connectivity index (χ0) is 17.6. The minimum Gasteiger partial charge on any atom is -0.380 e. The molecular formula is C17H27N3O3. The van der Waals surface area contributed by atoms with Gasteiger partial charge in [-0.3, -0.25) is 9.59 Å². The number of likely N-dealkylation sites (N-methyl/N-ethyl adjacent to an activating group) is 1. The summed E-state index contributed by atoms with van der Waals surface area (Å²) >= 11 is 0. The van der Waals surface area contributed by atoms with Crippen molar-refractivity contribution in [2.24, 2.45) is 5.73 Å². The fraction of sp³-hybridized carbons (Fsp3) is 0.529. The second-order valence-electron chi connectivity index (χ2n) is 5.87. The van der Waals surface area contributed by atoms with E-state index in [2.05, 4.69) is 5.32 Å². The van der Waals surface area contributed by atoms with Crippen LogP contribution in [0.4, 0.5) is 5.69 Å². The van der Waals surface area contributed by atoms with Gasteiger partial charge in [-0.15, -0.1) is 0 Å². The number of nitrogens with one attached hydrogen (secondary N) is 1. The lowest BCUT2D eigenvalue weighted by atomic mass is 10.1. The Labute approximate surface area is 138 Å². The average molecular weight is 321 g/mol. The molecule has 0 aliphatic carbocycles. The van der Waals surface area contributed by atoms with E-state index in [1.807, 2.05) is 32.9 Å². The van der Waals surface area contributed by atoms with Crippen molar-refractivity contribution < 1.29 is 14.3 Å². The lowest BCUT2D eigenvalue weighted by Crippen LogP contribution is -2.38. The van der Waals surface area contributed by atoms with Crippen LogP contribution < -0.4 is 11.1 Å². The molecule has 0 aromatic heterocycles. The van der Waals surface area contributed by atoms with Gasteiger partial charge in [-0.25, -0.2) is 0 Å². The number of amides is 2. The summed E-state index contributed by atoms with van der Waals surface area (Å²) in [5.74, 6) is -0.396. The summed E-state index contributed by atoms with van der Waals surface area (Å²) < 4.78 is 5.09. The number of ether oxygens (including phenoxy) is 1. The van der Waals surface area contributed by atoms with Crippen molar-refractivity contribution in [2.45, 2.75) is 33.3 Å². The molecule has 0 aliphatic heterocycles. The topological polar surface area (TPSA) is 84.7 Å². The molecule has 1 atom stereocenters. The van der Waals surface area contributed by atoms with Crippen LogP contribution in [0.1, 0.15) is 23.1 Å². The van der Waals surface area contributed by atoms with Crippen molar-refractivity contribution in [3.05, 3.63) is 28.8 Å². The number of hydrogen-bond acceptors (Lipinski definition) is 4. The number of carbonyl (C=O) groups is 2. The molecule has 23 heavy (non-hydrogen) atoms. The van der Waals surface area contributed by atoms with Gasteiger partial charge in [-0.2, -0.15) is 0 Å². The second kappa shape index (κ2) is 8.64. The first-order valence-electron chi connectivity index (χ1n) is 7.63. The summed E-state index contributed by atoms with van der Waals surface area (Å²) in [6.07, 6.45) is -0.158. The van der Waals surface area contributed by atoms with Crippen LogP contribution in [0.25, 0.3) is 0 Å². The van der Waals surface area contributed by atoms with E-state index < -0.39 is 0 Å². The van der Waals surface area contributed by atoms with E-state index in [1.54, 1.807) is 7.05 Å². The SMILES string of the molecule is COC(CN)CC(=O)N(C)CC(=O)Nc1c(C)cc(C)cc1C. The van der Waals surface area contributed by atoms with Crippen LogP contribution in [0.2, 0.25) is 0 Å². The lowest BCUT2D eigenvalue weighted by molar-refractivity contribution is -0.135. The molecule has 128 valence electrons. The predicted molar refractivity (Wildman–Crippen MR) is 91.4 cm³/mol. The molecular weight excluding hydrogens is 294 g/mol. The first kappa shape index (κ1) is 19.1. The monoisotopic (exact) mass is 321 g/mol. The van der Waals surface area contributed by atoms with E-state index in [0.717, 1.165) is 22.4 Å². The first-order valence-corrected chi connectivity index (χ1v) is 7.63. The summed E-state index contributed by atoms with van der Waals surface area (Å²) in [4.78, 5) is 25.6. The Bertz CT molecular complexity index is 545. The Kier molecular flexibility index (Phi) is 7.19. The van der Waals surface area contributed by atoms with Gasteiger partial charge >= 0.3 is 0 Å². The molecule has 0 spiro atoms. The second-order valence-corrected chi connectivity index (χ2v) is 5.87. The smallest absolute Gasteiger partial charge is 0.243 e. The number of carbonyl (C=O) groups excluding carboxylic acids is 2. The molecule has 1 aromatic rings. The molecule has 0 aliphatic rings. The quantitative estimate of drug-likeness (QED) is 0.794. The van der Waals surface area contributed by atoms with E-state index in [9.17, 15) is 9.59 Å². The summed E-state index contributed by atoms with van der Waals surface area (Å²) in [7, 11) is 3.11. The van der Waals surface area contributed by atoms with Gasteiger partial charge in [0.1, 0.15) is 0 Å². The highest BCUT2D eigenvalue weighted by molar-refractivity contribution is 5.95. The maximum absolute atomic E-state index is 12.2. The highest BCUT2D eigenvalue weighted by Gasteiger charge is 2.18. The van der Waals surface area contributed by atoms with Gasteiger partial charge < -0.3 is 20.7 Å². The van der Waals surface area contributed by atoms with E-state index >= 15 is 0 Å². The molecule has 1 aromatic carbocycles. The molecule has 0 saturated heterocycles. The van der Waals surface area contributed by atoms with Gasteiger partial charge in [-0.1, -0.05) is 17.7 Å². The minimum absolute atomic E-state index is 0.00735. The maximum atomic E-state index is 12.2. The van der Waals surface area contributed by atoms with Gasteiger partial charge in [0.15, 0.2) is 0 Å². The van der Waals surface area contributed by atoms with Gasteiger partial charge in [0.25, 0.3) is 0 Å². The standard InChI is InChI=1S/C17H27N3O3/c1-11-6-12(2)17(13(3)7-11)19-15(21)10-20(4)16(22)8-14(9-18)23-5/h6-7,14H,8-10,18H2,1-5H3,(H,19,21). The highest BCUT2D eigenvalue weighted by atomic mass is 16.5. The van der Waals surface area contributed by atoms with Crippen molar-refractivity contribution >= 4 is 17.5 Å². The number of benzene rings is 1. The van der Waals surface area contributed by atoms with Gasteiger partial charge in [0.05, 0.1) is 19.1 Å². The van der Waals surface area contributed by atoms with Crippen LogP contribution in [0, 0.1) is 20.8 Å². The van der Waals surface area contributed by atoms with Gasteiger partial charge in [0, 0.05) is 26.4 Å². The van der Waals surface area contributed by atoms with Gasteiger partial charge in [-0.05, 0) is 31.9 Å². The van der Waals surface area contributed by atoms with Crippen LogP contribution in [0.15, 0.2) is 12.1 Å². The van der Waals surface area contributed by atoms with E-state index in [1.165, 1.54) is 12.0 Å². The Morgan fingerprint density at radius 3 is 2.30 bits per heavy atom. The number of methoxy groups -OCH3 is 1. The Morgan fingerprint density at radius 2 is 1.83 bits per heavy atom. The summed E-state index contributed by atoms with van der Waals surface area (Å²) in [5.41, 5.74) is 9.47. The molecule has 1 unspecified atom stereocenters. The Morgan fingerprint density at radius 1 is 1.26 bits per heavy atom. The molecule has 6 nitrogen and oxygen atoms in total. The number of nitrogens with two attached hydrogens (primary N) is 1. The zero-order valence-electron chi connectivity index (χ0n) is 14.6. The molecule has 0 fully saturated rings. The Balaban J connectivity index is 2.65. The third-order valence-electron chi connectivity index (χ3n) is 3.75. The lowest BCUT2D eigenvalue weighted by Gasteiger charge is -2.20. The van der Waals surface area contributed by atoms with Crippen LogP contribution in [0.5, 0.6) is 0 Å². The van der Waals surface area contributed by atoms with Gasteiger partial charge in [0.2, 0.25) is 11.8 Å². The average Bonchev–Trinajstić information content (AvgIpc) is 2.48. The maximum Gasteiger partial charge on any atom is 0.243 e. The van der Waals surface area contributed by atoms with Crippen molar-refractivity contribution in [3.8, 4) is 0 Å². The molecule has 0 radical (unpaired) electrons. The van der Waals surface area contributed by atoms with Crippen LogP contribution in [-0.2, 0) is 14.3 Å². The van der Waals surface area contributed by atoms with Crippen LogP contribution in [-0.4, -0.2) is 50.1 Å². The molecule has 0 saturated carbocycles. The van der Waals surface area contributed by atoms with E-state index in [0.29, 0.717) is 0 Å². The molecule has 0 bridgehead atoms. The number of rotatable bonds is 7. The van der Waals surface area contributed by atoms with Crippen molar-refractivity contribution in [2.75, 3.05) is 32.6 Å². The fourth-order valence-corrected chi connectivity index (χ4v) is 2.47.